The number of methoxy groups -OCH3 is 1. The van der Waals surface area contributed by atoms with Crippen LogP contribution in [0.4, 0.5) is 0 Å². The topological polar surface area (TPSA) is 41.6 Å². The highest BCUT2D eigenvalue weighted by Gasteiger charge is 2.49. The van der Waals surface area contributed by atoms with Crippen LogP contribution in [0.3, 0.4) is 0 Å². The van der Waals surface area contributed by atoms with E-state index in [0.717, 1.165) is 32.5 Å². The van der Waals surface area contributed by atoms with Crippen LogP contribution in [-0.2, 0) is 9.53 Å². The quantitative estimate of drug-likeness (QED) is 0.854. The lowest BCUT2D eigenvalue weighted by Gasteiger charge is -2.46. The maximum atomic E-state index is 12.9. The van der Waals surface area contributed by atoms with E-state index in [4.69, 9.17) is 4.74 Å². The molecule has 110 valence electrons. The number of nitrogens with one attached hydrogen (secondary N) is 1. The molecule has 4 fully saturated rings. The molecule has 2 atom stereocenters. The van der Waals surface area contributed by atoms with Gasteiger partial charge in [-0.25, -0.2) is 0 Å². The molecule has 4 nitrogen and oxygen atoms in total. The number of carbonyl (C=O) groups is 1. The maximum Gasteiger partial charge on any atom is 0.231 e. The fraction of sp³-hybridized carbons (Fsp3) is 0.929. The first-order valence-corrected chi connectivity index (χ1v) is 7.26. The average Bonchev–Trinajstić information content (AvgIpc) is 2.67. The molecule has 0 aromatic carbocycles. The number of ether oxygens (including phenoxy) is 1. The van der Waals surface area contributed by atoms with Crippen molar-refractivity contribution in [1.82, 2.24) is 10.2 Å². The van der Waals surface area contributed by atoms with E-state index in [1.807, 2.05) is 0 Å². The zero-order valence-electron chi connectivity index (χ0n) is 11.7. The van der Waals surface area contributed by atoms with Crippen LogP contribution in [0, 0.1) is 11.3 Å². The Morgan fingerprint density at radius 3 is 2.79 bits per heavy atom. The first-order valence-electron chi connectivity index (χ1n) is 7.26. The number of fused-ring (bicyclic) bond motifs is 4. The molecule has 1 aliphatic carbocycles. The van der Waals surface area contributed by atoms with E-state index in [1.54, 1.807) is 7.11 Å². The fourth-order valence-corrected chi connectivity index (χ4v) is 3.79. The lowest BCUT2D eigenvalue weighted by Crippen LogP contribution is -2.56. The summed E-state index contributed by atoms with van der Waals surface area (Å²) in [5, 5.41) is 3.49. The van der Waals surface area contributed by atoms with E-state index in [2.05, 4.69) is 10.2 Å². The van der Waals surface area contributed by atoms with Gasteiger partial charge in [-0.05, 0) is 38.1 Å². The fourth-order valence-electron chi connectivity index (χ4n) is 3.79. The smallest absolute Gasteiger partial charge is 0.231 e. The number of hydrogen-bond acceptors (Lipinski definition) is 3. The SMILES string of the molecule is COCC1(C(=O)N2C[C@@H]3CC[C@H]2CNC3)CCC1.Cl. The van der Waals surface area contributed by atoms with Gasteiger partial charge in [-0.3, -0.25) is 4.79 Å². The summed E-state index contributed by atoms with van der Waals surface area (Å²) < 4.78 is 5.31. The Morgan fingerprint density at radius 2 is 2.16 bits per heavy atom. The van der Waals surface area contributed by atoms with E-state index < -0.39 is 0 Å². The van der Waals surface area contributed by atoms with Gasteiger partial charge in [-0.1, -0.05) is 6.42 Å². The van der Waals surface area contributed by atoms with Crippen molar-refractivity contribution < 1.29 is 9.53 Å². The molecule has 1 N–H and O–H groups in total. The van der Waals surface area contributed by atoms with Gasteiger partial charge < -0.3 is 15.0 Å². The van der Waals surface area contributed by atoms with E-state index in [9.17, 15) is 4.79 Å². The monoisotopic (exact) mass is 288 g/mol. The second-order valence-electron chi connectivity index (χ2n) is 6.28. The molecule has 3 heterocycles. The van der Waals surface area contributed by atoms with Crippen LogP contribution in [0.15, 0.2) is 0 Å². The van der Waals surface area contributed by atoms with Crippen LogP contribution in [0.5, 0.6) is 0 Å². The molecule has 4 aliphatic rings. The van der Waals surface area contributed by atoms with Gasteiger partial charge in [-0.2, -0.15) is 0 Å². The van der Waals surface area contributed by atoms with Gasteiger partial charge >= 0.3 is 0 Å². The normalized spacial score (nSPS) is 32.2. The summed E-state index contributed by atoms with van der Waals surface area (Å²) in [5.41, 5.74) is -0.181. The summed E-state index contributed by atoms with van der Waals surface area (Å²) in [5.74, 6) is 1.03. The molecule has 4 rings (SSSR count). The van der Waals surface area contributed by atoms with Crippen molar-refractivity contribution in [3.63, 3.8) is 0 Å². The molecular formula is C14H25ClN2O2. The molecule has 0 radical (unpaired) electrons. The number of halogens is 1. The molecule has 0 aromatic heterocycles. The number of nitrogens with zero attached hydrogens (tertiary/aromatic N) is 1. The predicted molar refractivity (Wildman–Crippen MR) is 76.5 cm³/mol. The second kappa shape index (κ2) is 5.98. The summed E-state index contributed by atoms with van der Waals surface area (Å²) in [6.07, 6.45) is 5.66. The number of piperidine rings is 1. The van der Waals surface area contributed by atoms with Crippen molar-refractivity contribution in [2.45, 2.75) is 38.1 Å². The Labute approximate surface area is 121 Å². The second-order valence-corrected chi connectivity index (χ2v) is 6.28. The number of amides is 1. The van der Waals surface area contributed by atoms with Crippen molar-refractivity contribution in [2.75, 3.05) is 33.4 Å². The minimum Gasteiger partial charge on any atom is -0.384 e. The Hall–Kier alpha value is -0.320. The highest BCUT2D eigenvalue weighted by molar-refractivity contribution is 5.85. The van der Waals surface area contributed by atoms with Gasteiger partial charge in [0.25, 0.3) is 0 Å². The van der Waals surface area contributed by atoms with E-state index >= 15 is 0 Å². The highest BCUT2D eigenvalue weighted by atomic mass is 35.5. The summed E-state index contributed by atoms with van der Waals surface area (Å²) >= 11 is 0. The van der Waals surface area contributed by atoms with Gasteiger partial charge in [0.05, 0.1) is 12.0 Å². The van der Waals surface area contributed by atoms with Gasteiger partial charge in [0, 0.05) is 26.2 Å². The molecular weight excluding hydrogens is 264 g/mol. The lowest BCUT2D eigenvalue weighted by molar-refractivity contribution is -0.156. The lowest BCUT2D eigenvalue weighted by atomic mass is 9.68. The van der Waals surface area contributed by atoms with Crippen LogP contribution < -0.4 is 5.32 Å². The molecule has 2 bridgehead atoms. The zero-order valence-corrected chi connectivity index (χ0v) is 12.5. The molecule has 1 amide bonds. The summed E-state index contributed by atoms with van der Waals surface area (Å²) in [4.78, 5) is 15.0. The largest absolute Gasteiger partial charge is 0.384 e. The predicted octanol–water partition coefficient (Wildman–Crippen LogP) is 1.44. The van der Waals surface area contributed by atoms with E-state index in [1.165, 1.54) is 19.3 Å². The number of rotatable bonds is 3. The standard InChI is InChI=1S/C14H24N2O2.ClH/c1-18-10-14(5-2-6-14)13(17)16-9-11-3-4-12(16)8-15-7-11;/h11-12,15H,2-10H2,1H3;1H/t11-,12+;/m1./s1. The Bertz CT molecular complexity index is 329. The first-order chi connectivity index (χ1) is 8.75. The molecule has 3 aliphatic heterocycles. The van der Waals surface area contributed by atoms with Crippen LogP contribution in [-0.4, -0.2) is 50.2 Å². The Kier molecular flexibility index (Phi) is 4.75. The molecule has 0 spiro atoms. The number of carbonyl (C=O) groups excluding carboxylic acids is 1. The van der Waals surface area contributed by atoms with Crippen molar-refractivity contribution in [3.05, 3.63) is 0 Å². The molecule has 3 saturated heterocycles. The van der Waals surface area contributed by atoms with E-state index in [-0.39, 0.29) is 17.8 Å². The summed E-state index contributed by atoms with van der Waals surface area (Å²) in [6.45, 7) is 3.62. The molecule has 0 aromatic rings. The van der Waals surface area contributed by atoms with Crippen molar-refractivity contribution in [3.8, 4) is 0 Å². The molecule has 0 unspecified atom stereocenters. The summed E-state index contributed by atoms with van der Waals surface area (Å²) in [6, 6.07) is 0.422. The van der Waals surface area contributed by atoms with Crippen molar-refractivity contribution >= 4 is 18.3 Å². The van der Waals surface area contributed by atoms with E-state index in [0.29, 0.717) is 24.5 Å². The van der Waals surface area contributed by atoms with Crippen LogP contribution in [0.1, 0.15) is 32.1 Å². The third-order valence-electron chi connectivity index (χ3n) is 5.06. The van der Waals surface area contributed by atoms with Gasteiger partial charge in [0.1, 0.15) is 0 Å². The highest BCUT2D eigenvalue weighted by Crippen LogP contribution is 2.44. The van der Waals surface area contributed by atoms with Gasteiger partial charge in [-0.15, -0.1) is 12.4 Å². The Morgan fingerprint density at radius 1 is 1.37 bits per heavy atom. The Balaban J connectivity index is 0.00000133. The van der Waals surface area contributed by atoms with Gasteiger partial charge in [0.15, 0.2) is 0 Å². The zero-order chi connectivity index (χ0) is 12.6. The first kappa shape index (κ1) is 15.1. The van der Waals surface area contributed by atoms with Crippen LogP contribution in [0.25, 0.3) is 0 Å². The average molecular weight is 289 g/mol. The maximum absolute atomic E-state index is 12.9. The number of hydrogen-bond donors (Lipinski definition) is 1. The summed E-state index contributed by atoms with van der Waals surface area (Å²) in [7, 11) is 1.71. The van der Waals surface area contributed by atoms with Gasteiger partial charge in [0.2, 0.25) is 5.91 Å². The van der Waals surface area contributed by atoms with Crippen molar-refractivity contribution in [1.29, 1.82) is 0 Å². The molecule has 5 heteroatoms. The van der Waals surface area contributed by atoms with Crippen LogP contribution >= 0.6 is 12.4 Å². The minimum absolute atomic E-state index is 0. The third-order valence-corrected chi connectivity index (χ3v) is 5.06. The molecule has 19 heavy (non-hydrogen) atoms. The van der Waals surface area contributed by atoms with Crippen LogP contribution in [0.2, 0.25) is 0 Å². The van der Waals surface area contributed by atoms with Crippen molar-refractivity contribution in [2.24, 2.45) is 11.3 Å². The minimum atomic E-state index is -0.181. The molecule has 1 saturated carbocycles. The third kappa shape index (κ3) is 2.63.